The Morgan fingerprint density at radius 3 is 2.36 bits per heavy atom. The van der Waals surface area contributed by atoms with Gasteiger partial charge in [0.2, 0.25) is 18.6 Å². The second-order valence-corrected chi connectivity index (χ2v) is 15.3. The van der Waals surface area contributed by atoms with Crippen LogP contribution in [0.1, 0.15) is 38.7 Å². The number of benzene rings is 3. The van der Waals surface area contributed by atoms with Gasteiger partial charge in [0.25, 0.3) is 15.9 Å². The van der Waals surface area contributed by atoms with E-state index >= 15 is 0 Å². The quantitative estimate of drug-likeness (QED) is 0.0491. The van der Waals surface area contributed by atoms with Crippen LogP contribution in [0, 0.1) is 5.41 Å². The molecule has 2 amide bonds. The van der Waals surface area contributed by atoms with Crippen molar-refractivity contribution in [1.29, 1.82) is 0 Å². The molecule has 1 aliphatic rings. The first-order chi connectivity index (χ1) is 26.4. The highest BCUT2D eigenvalue weighted by Gasteiger charge is 2.33. The molecule has 1 atom stereocenters. The van der Waals surface area contributed by atoms with Crippen molar-refractivity contribution in [2.24, 2.45) is 11.3 Å². The highest BCUT2D eigenvalue weighted by atomic mass is 32.2. The Balaban J connectivity index is 1.02. The first-order valence-corrected chi connectivity index (χ1v) is 19.1. The number of pyridine rings is 2. The maximum absolute atomic E-state index is 13.6. The van der Waals surface area contributed by atoms with E-state index in [1.54, 1.807) is 32.0 Å². The van der Waals surface area contributed by atoms with Crippen molar-refractivity contribution < 1.29 is 37.3 Å². The molecule has 0 saturated carbocycles. The molecule has 15 heteroatoms. The highest BCUT2D eigenvalue weighted by Crippen LogP contribution is 2.36. The third kappa shape index (κ3) is 9.87. The minimum Gasteiger partial charge on any atom is -0.508 e. The minimum absolute atomic E-state index is 0.0251. The van der Waals surface area contributed by atoms with Crippen molar-refractivity contribution >= 4 is 27.7 Å². The summed E-state index contributed by atoms with van der Waals surface area (Å²) in [5.41, 5.74) is 5.76. The van der Waals surface area contributed by atoms with Gasteiger partial charge < -0.3 is 30.1 Å². The molecule has 14 nitrogen and oxygen atoms in total. The molecule has 286 valence electrons. The standard InChI is InChI=1S/C40H42N6O8S/c1-40(2,39(49)44-33(22-26-8-15-30(47)16-9-26)38(48)46-55(50,51)31-17-19-36(45-41)42-24-31)20-3-4-21-52-37-7-5-6-32(43-37)28-12-10-27(11-13-28)29-14-18-34-35(23-29)54-25-53-34/h5-19,23-24,33,47H,3-4,20-22,25,41H2,1-2H3,(H,42,45)(H,44,49)(H,46,48). The number of anilines is 1. The number of phenolic OH excluding ortho intramolecular Hbond substituents is 1. The molecule has 3 heterocycles. The average Bonchev–Trinajstić information content (AvgIpc) is 3.66. The highest BCUT2D eigenvalue weighted by molar-refractivity contribution is 7.90. The van der Waals surface area contributed by atoms with Crippen LogP contribution in [0.2, 0.25) is 0 Å². The SMILES string of the molecule is CC(C)(CCCCOc1cccc(-c2ccc(-c3ccc4c(c3)OCO4)cc2)n1)C(=O)NC(Cc1ccc(O)cc1)C(=O)NS(=O)(=O)c1ccc(NN)nc1. The Hall–Kier alpha value is -6.19. The normalized spacial score (nSPS) is 12.8. The molecular weight excluding hydrogens is 725 g/mol. The second-order valence-electron chi connectivity index (χ2n) is 13.6. The van der Waals surface area contributed by atoms with Crippen molar-refractivity contribution in [2.75, 3.05) is 18.8 Å². The van der Waals surface area contributed by atoms with Gasteiger partial charge in [0.05, 0.1) is 12.3 Å². The van der Waals surface area contributed by atoms with E-state index in [0.29, 0.717) is 37.3 Å². The van der Waals surface area contributed by atoms with Crippen molar-refractivity contribution in [3.05, 3.63) is 109 Å². The molecule has 0 aliphatic carbocycles. The number of nitrogens with two attached hydrogens (primary N) is 1. The molecule has 0 spiro atoms. The van der Waals surface area contributed by atoms with Crippen molar-refractivity contribution in [3.8, 4) is 45.5 Å². The van der Waals surface area contributed by atoms with E-state index in [0.717, 1.165) is 40.1 Å². The van der Waals surface area contributed by atoms with Gasteiger partial charge in [0, 0.05) is 29.7 Å². The number of nitrogen functional groups attached to an aromatic ring is 1. The number of nitrogens with zero attached hydrogens (tertiary/aromatic N) is 2. The molecular formula is C40H42N6O8S. The Bertz CT molecular complexity index is 2230. The number of hydrogen-bond donors (Lipinski definition) is 5. The van der Waals surface area contributed by atoms with E-state index in [-0.39, 0.29) is 29.7 Å². The Kier molecular flexibility index (Phi) is 11.8. The lowest BCUT2D eigenvalue weighted by atomic mass is 9.85. The van der Waals surface area contributed by atoms with Gasteiger partial charge in [0.1, 0.15) is 22.5 Å². The third-order valence-electron chi connectivity index (χ3n) is 9.10. The number of carbonyl (C=O) groups excluding carboxylic acids is 2. The summed E-state index contributed by atoms with van der Waals surface area (Å²) in [6.45, 7) is 4.12. The molecule has 0 fully saturated rings. The number of fused-ring (bicyclic) bond motifs is 1. The van der Waals surface area contributed by atoms with Gasteiger partial charge in [0.15, 0.2) is 11.5 Å². The number of rotatable bonds is 16. The van der Waals surface area contributed by atoms with Gasteiger partial charge >= 0.3 is 0 Å². The number of hydrogen-bond acceptors (Lipinski definition) is 12. The lowest BCUT2D eigenvalue weighted by molar-refractivity contribution is -0.133. The molecule has 6 N–H and O–H groups in total. The molecule has 6 rings (SSSR count). The summed E-state index contributed by atoms with van der Waals surface area (Å²) < 4.78 is 45.0. The van der Waals surface area contributed by atoms with Crippen molar-refractivity contribution in [3.63, 3.8) is 0 Å². The summed E-state index contributed by atoms with van der Waals surface area (Å²) in [6.07, 6.45) is 2.76. The van der Waals surface area contributed by atoms with Crippen LogP contribution < -0.4 is 35.5 Å². The van der Waals surface area contributed by atoms with Gasteiger partial charge in [-0.25, -0.2) is 29.0 Å². The number of hydrazine groups is 1. The molecule has 55 heavy (non-hydrogen) atoms. The number of aromatic nitrogens is 2. The van der Waals surface area contributed by atoms with E-state index < -0.39 is 33.3 Å². The number of ether oxygens (including phenoxy) is 3. The molecule has 0 radical (unpaired) electrons. The fraction of sp³-hybridized carbons (Fsp3) is 0.250. The number of aromatic hydroxyl groups is 1. The molecule has 5 aromatic rings. The zero-order valence-electron chi connectivity index (χ0n) is 30.3. The van der Waals surface area contributed by atoms with Crippen LogP contribution >= 0.6 is 0 Å². The van der Waals surface area contributed by atoms with Crippen LogP contribution in [-0.4, -0.2) is 54.7 Å². The number of sulfonamides is 1. The van der Waals surface area contributed by atoms with E-state index in [4.69, 9.17) is 20.1 Å². The second kappa shape index (κ2) is 16.9. The first-order valence-electron chi connectivity index (χ1n) is 17.6. The fourth-order valence-corrected chi connectivity index (χ4v) is 6.81. The summed E-state index contributed by atoms with van der Waals surface area (Å²) in [5, 5.41) is 12.5. The average molecular weight is 767 g/mol. The minimum atomic E-state index is -4.32. The molecule has 0 bridgehead atoms. The lowest BCUT2D eigenvalue weighted by Crippen LogP contribution is -2.52. The summed E-state index contributed by atoms with van der Waals surface area (Å²) in [7, 11) is -4.32. The van der Waals surface area contributed by atoms with Crippen LogP contribution in [0.3, 0.4) is 0 Å². The number of unbranched alkanes of at least 4 members (excludes halogenated alkanes) is 1. The topological polar surface area (TPSA) is 204 Å². The number of amides is 2. The number of nitrogens with one attached hydrogen (secondary N) is 3. The molecule has 2 aromatic heterocycles. The third-order valence-corrected chi connectivity index (χ3v) is 10.4. The number of carbonyl (C=O) groups is 2. The smallest absolute Gasteiger partial charge is 0.265 e. The van der Waals surface area contributed by atoms with E-state index in [2.05, 4.69) is 25.4 Å². The van der Waals surface area contributed by atoms with Crippen molar-refractivity contribution in [1.82, 2.24) is 20.0 Å². The molecule has 1 aliphatic heterocycles. The van der Waals surface area contributed by atoms with Gasteiger partial charge in [-0.2, -0.15) is 0 Å². The maximum Gasteiger partial charge on any atom is 0.265 e. The lowest BCUT2D eigenvalue weighted by Gasteiger charge is -2.27. The molecule has 3 aromatic carbocycles. The van der Waals surface area contributed by atoms with Crippen LogP contribution in [-0.2, 0) is 26.0 Å². The van der Waals surface area contributed by atoms with Gasteiger partial charge in [-0.15, -0.1) is 0 Å². The predicted molar refractivity (Wildman–Crippen MR) is 205 cm³/mol. The van der Waals surface area contributed by atoms with E-state index in [1.807, 2.05) is 54.6 Å². The Morgan fingerprint density at radius 2 is 1.64 bits per heavy atom. The van der Waals surface area contributed by atoms with Crippen LogP contribution in [0.15, 0.2) is 108 Å². The summed E-state index contributed by atoms with van der Waals surface area (Å²) in [6, 6.07) is 27.0. The fourth-order valence-electron chi connectivity index (χ4n) is 5.84. The van der Waals surface area contributed by atoms with Gasteiger partial charge in [-0.05, 0) is 78.4 Å². The zero-order valence-corrected chi connectivity index (χ0v) is 31.1. The maximum atomic E-state index is 13.6. The van der Waals surface area contributed by atoms with Gasteiger partial charge in [-0.1, -0.05) is 62.4 Å². The van der Waals surface area contributed by atoms with Crippen molar-refractivity contribution in [2.45, 2.75) is 50.5 Å². The zero-order chi connectivity index (χ0) is 39.0. The Morgan fingerprint density at radius 1 is 0.909 bits per heavy atom. The number of phenols is 1. The van der Waals surface area contributed by atoms with Crippen LogP contribution in [0.5, 0.6) is 23.1 Å². The summed E-state index contributed by atoms with van der Waals surface area (Å²) >= 11 is 0. The summed E-state index contributed by atoms with van der Waals surface area (Å²) in [4.78, 5) is 35.3. The largest absolute Gasteiger partial charge is 0.508 e. The van der Waals surface area contributed by atoms with Crippen LogP contribution in [0.25, 0.3) is 22.4 Å². The van der Waals surface area contributed by atoms with E-state index in [1.165, 1.54) is 24.3 Å². The van der Waals surface area contributed by atoms with Gasteiger partial charge in [-0.3, -0.25) is 9.59 Å². The monoisotopic (exact) mass is 766 g/mol. The Labute approximate surface area is 319 Å². The summed E-state index contributed by atoms with van der Waals surface area (Å²) in [5.74, 6) is 6.17. The predicted octanol–water partition coefficient (Wildman–Crippen LogP) is 5.34. The molecule has 1 unspecified atom stereocenters. The first kappa shape index (κ1) is 38.5. The van der Waals surface area contributed by atoms with Crippen LogP contribution in [0.4, 0.5) is 5.82 Å². The van der Waals surface area contributed by atoms with E-state index in [9.17, 15) is 23.1 Å². The molecule has 0 saturated heterocycles.